The number of hydrogen-bond donors (Lipinski definition) is 2. The van der Waals surface area contributed by atoms with E-state index in [9.17, 15) is 0 Å². The molecule has 0 aliphatic heterocycles. The van der Waals surface area contributed by atoms with Gasteiger partial charge in [0.25, 0.3) is 0 Å². The standard InChI is InChI=1S/C20H30N4O3.HI/c1-5-26-12-6-11-21-20(23-14-19-24-15(2)16(3)27-19)22-13-17-7-9-18(25-4)10-8-17;/h7-10H,5-6,11-14H2,1-4H3,(H2,21,22,23);1H. The van der Waals surface area contributed by atoms with Crippen LogP contribution in [0.2, 0.25) is 0 Å². The molecule has 2 N–H and O–H groups in total. The maximum atomic E-state index is 5.62. The molecule has 28 heavy (non-hydrogen) atoms. The van der Waals surface area contributed by atoms with Gasteiger partial charge in [0.05, 0.1) is 25.9 Å². The third-order valence-corrected chi connectivity index (χ3v) is 4.02. The Bertz CT molecular complexity index is 697. The third kappa shape index (κ3) is 8.47. The van der Waals surface area contributed by atoms with E-state index >= 15 is 0 Å². The molecule has 0 radical (unpaired) electrons. The molecule has 0 saturated heterocycles. The summed E-state index contributed by atoms with van der Waals surface area (Å²) in [6.07, 6.45) is 0.911. The number of halogens is 1. The zero-order valence-electron chi connectivity index (χ0n) is 17.1. The van der Waals surface area contributed by atoms with Crippen molar-refractivity contribution in [2.24, 2.45) is 4.99 Å². The molecular weight excluding hydrogens is 471 g/mol. The summed E-state index contributed by atoms with van der Waals surface area (Å²) in [5.74, 6) is 3.05. The van der Waals surface area contributed by atoms with E-state index in [0.29, 0.717) is 19.0 Å². The molecule has 0 bridgehead atoms. The van der Waals surface area contributed by atoms with Crippen LogP contribution in [0.5, 0.6) is 5.75 Å². The van der Waals surface area contributed by atoms with Crippen molar-refractivity contribution in [3.8, 4) is 5.75 Å². The minimum Gasteiger partial charge on any atom is -0.497 e. The van der Waals surface area contributed by atoms with Gasteiger partial charge in [-0.3, -0.25) is 0 Å². The van der Waals surface area contributed by atoms with Crippen LogP contribution in [0.25, 0.3) is 0 Å². The molecule has 1 aromatic heterocycles. The Balaban J connectivity index is 0.00000392. The monoisotopic (exact) mass is 502 g/mol. The van der Waals surface area contributed by atoms with E-state index in [0.717, 1.165) is 54.9 Å². The van der Waals surface area contributed by atoms with Crippen LogP contribution in [0.1, 0.15) is 36.3 Å². The van der Waals surface area contributed by atoms with Gasteiger partial charge >= 0.3 is 0 Å². The van der Waals surface area contributed by atoms with Crippen molar-refractivity contribution < 1.29 is 13.9 Å². The smallest absolute Gasteiger partial charge is 0.214 e. The number of guanidine groups is 1. The van der Waals surface area contributed by atoms with E-state index in [1.54, 1.807) is 7.11 Å². The largest absolute Gasteiger partial charge is 0.497 e. The quantitative estimate of drug-likeness (QED) is 0.224. The molecule has 1 heterocycles. The Kier molecular flexibility index (Phi) is 11.6. The molecule has 0 atom stereocenters. The lowest BCUT2D eigenvalue weighted by Crippen LogP contribution is -2.38. The van der Waals surface area contributed by atoms with Gasteiger partial charge < -0.3 is 24.5 Å². The highest BCUT2D eigenvalue weighted by Gasteiger charge is 2.07. The fourth-order valence-corrected chi connectivity index (χ4v) is 2.38. The lowest BCUT2D eigenvalue weighted by Gasteiger charge is -2.12. The van der Waals surface area contributed by atoms with Crippen LogP contribution in [0.4, 0.5) is 0 Å². The fraction of sp³-hybridized carbons (Fsp3) is 0.500. The molecule has 0 spiro atoms. The first-order valence-corrected chi connectivity index (χ1v) is 9.28. The molecule has 0 amide bonds. The number of nitrogens with one attached hydrogen (secondary N) is 2. The van der Waals surface area contributed by atoms with Crippen LogP contribution < -0.4 is 15.4 Å². The molecule has 7 nitrogen and oxygen atoms in total. The summed E-state index contributed by atoms with van der Waals surface area (Å²) in [5.41, 5.74) is 2.02. The number of benzene rings is 1. The lowest BCUT2D eigenvalue weighted by molar-refractivity contribution is 0.145. The summed E-state index contributed by atoms with van der Waals surface area (Å²) in [6, 6.07) is 7.89. The molecule has 0 aliphatic carbocycles. The number of aromatic nitrogens is 1. The van der Waals surface area contributed by atoms with E-state index in [2.05, 4.69) is 20.6 Å². The number of hydrogen-bond acceptors (Lipinski definition) is 5. The van der Waals surface area contributed by atoms with Gasteiger partial charge in [0, 0.05) is 19.8 Å². The number of rotatable bonds is 10. The second-order valence-electron chi connectivity index (χ2n) is 6.09. The highest BCUT2D eigenvalue weighted by atomic mass is 127. The van der Waals surface area contributed by atoms with Crippen molar-refractivity contribution in [3.63, 3.8) is 0 Å². The molecule has 0 unspecified atom stereocenters. The SMILES string of the molecule is CCOCCCNC(=NCc1ccc(OC)cc1)NCc1nc(C)c(C)o1.I. The van der Waals surface area contributed by atoms with Gasteiger partial charge in [-0.25, -0.2) is 9.98 Å². The zero-order valence-corrected chi connectivity index (χ0v) is 19.4. The number of ether oxygens (including phenoxy) is 2. The van der Waals surface area contributed by atoms with Gasteiger partial charge in [-0.1, -0.05) is 12.1 Å². The van der Waals surface area contributed by atoms with Gasteiger partial charge in [0.15, 0.2) is 5.96 Å². The summed E-state index contributed by atoms with van der Waals surface area (Å²) in [6.45, 7) is 9.13. The molecule has 156 valence electrons. The zero-order chi connectivity index (χ0) is 19.5. The first kappa shape index (κ1) is 24.2. The minimum absolute atomic E-state index is 0. The number of oxazole rings is 1. The van der Waals surface area contributed by atoms with E-state index in [-0.39, 0.29) is 24.0 Å². The Hall–Kier alpha value is -1.81. The maximum Gasteiger partial charge on any atom is 0.214 e. The Morgan fingerprint density at radius 2 is 1.93 bits per heavy atom. The van der Waals surface area contributed by atoms with E-state index < -0.39 is 0 Å². The summed E-state index contributed by atoms with van der Waals surface area (Å²) < 4.78 is 16.2. The summed E-state index contributed by atoms with van der Waals surface area (Å²) in [4.78, 5) is 9.05. The van der Waals surface area contributed by atoms with Gasteiger partial charge in [-0.15, -0.1) is 24.0 Å². The van der Waals surface area contributed by atoms with Crippen molar-refractivity contribution in [3.05, 3.63) is 47.2 Å². The first-order chi connectivity index (χ1) is 13.1. The molecular formula is C20H31IN4O3. The van der Waals surface area contributed by atoms with Crippen molar-refractivity contribution in [2.45, 2.75) is 40.3 Å². The minimum atomic E-state index is 0. The second-order valence-corrected chi connectivity index (χ2v) is 6.09. The molecule has 0 saturated carbocycles. The predicted molar refractivity (Wildman–Crippen MR) is 121 cm³/mol. The number of methoxy groups -OCH3 is 1. The summed E-state index contributed by atoms with van der Waals surface area (Å²) in [7, 11) is 1.66. The predicted octanol–water partition coefficient (Wildman–Crippen LogP) is 3.58. The second kappa shape index (κ2) is 13.4. The van der Waals surface area contributed by atoms with Gasteiger partial charge in [-0.05, 0) is 44.9 Å². The van der Waals surface area contributed by atoms with Crippen molar-refractivity contribution in [2.75, 3.05) is 26.9 Å². The third-order valence-electron chi connectivity index (χ3n) is 4.02. The normalized spacial score (nSPS) is 11.1. The molecule has 2 aromatic rings. The van der Waals surface area contributed by atoms with E-state index in [4.69, 9.17) is 13.9 Å². The van der Waals surface area contributed by atoms with E-state index in [1.807, 2.05) is 45.0 Å². The topological polar surface area (TPSA) is 80.9 Å². The average Bonchev–Trinajstić information content (AvgIpc) is 3.01. The lowest BCUT2D eigenvalue weighted by atomic mass is 10.2. The highest BCUT2D eigenvalue weighted by Crippen LogP contribution is 2.12. The Morgan fingerprint density at radius 1 is 1.18 bits per heavy atom. The van der Waals surface area contributed by atoms with Crippen LogP contribution in [0.15, 0.2) is 33.7 Å². The molecule has 8 heteroatoms. The van der Waals surface area contributed by atoms with Crippen LogP contribution in [-0.4, -0.2) is 37.8 Å². The summed E-state index contributed by atoms with van der Waals surface area (Å²) in [5, 5.41) is 6.61. The average molecular weight is 502 g/mol. The Morgan fingerprint density at radius 3 is 2.54 bits per heavy atom. The van der Waals surface area contributed by atoms with Crippen LogP contribution in [0, 0.1) is 13.8 Å². The van der Waals surface area contributed by atoms with Crippen LogP contribution in [-0.2, 0) is 17.8 Å². The van der Waals surface area contributed by atoms with Gasteiger partial charge in [0.1, 0.15) is 11.5 Å². The molecule has 1 aromatic carbocycles. The highest BCUT2D eigenvalue weighted by molar-refractivity contribution is 14.0. The fourth-order valence-electron chi connectivity index (χ4n) is 2.38. The number of nitrogens with zero attached hydrogens (tertiary/aromatic N) is 2. The molecule has 0 fully saturated rings. The van der Waals surface area contributed by atoms with Crippen molar-refractivity contribution in [1.29, 1.82) is 0 Å². The van der Waals surface area contributed by atoms with Gasteiger partial charge in [0.2, 0.25) is 5.89 Å². The Labute approximate surface area is 184 Å². The first-order valence-electron chi connectivity index (χ1n) is 9.28. The maximum absolute atomic E-state index is 5.62. The van der Waals surface area contributed by atoms with Crippen LogP contribution in [0.3, 0.4) is 0 Å². The van der Waals surface area contributed by atoms with Crippen molar-refractivity contribution in [1.82, 2.24) is 15.6 Å². The number of aryl methyl sites for hydroxylation is 2. The van der Waals surface area contributed by atoms with E-state index in [1.165, 1.54) is 0 Å². The molecule has 0 aliphatic rings. The van der Waals surface area contributed by atoms with Crippen molar-refractivity contribution >= 4 is 29.9 Å². The number of aliphatic imine (C=N–C) groups is 1. The van der Waals surface area contributed by atoms with Crippen LogP contribution >= 0.6 is 24.0 Å². The van der Waals surface area contributed by atoms with Gasteiger partial charge in [-0.2, -0.15) is 0 Å². The summed E-state index contributed by atoms with van der Waals surface area (Å²) >= 11 is 0. The molecule has 2 rings (SSSR count).